The lowest BCUT2D eigenvalue weighted by Crippen LogP contribution is -2.44. The lowest BCUT2D eigenvalue weighted by atomic mass is 9.93. The summed E-state index contributed by atoms with van der Waals surface area (Å²) in [5.41, 5.74) is 0. The summed E-state index contributed by atoms with van der Waals surface area (Å²) in [6.07, 6.45) is 7.36. The first-order chi connectivity index (χ1) is 7.74. The van der Waals surface area contributed by atoms with Crippen molar-refractivity contribution in [1.82, 2.24) is 4.90 Å². The van der Waals surface area contributed by atoms with Crippen molar-refractivity contribution in [1.29, 1.82) is 5.26 Å². The Hall–Kier alpha value is -0.550. The van der Waals surface area contributed by atoms with Gasteiger partial charge in [0.15, 0.2) is 0 Å². The first-order valence-corrected chi connectivity index (χ1v) is 6.89. The van der Waals surface area contributed by atoms with Crippen LogP contribution in [0.15, 0.2) is 0 Å². The van der Waals surface area contributed by atoms with E-state index in [1.807, 2.05) is 0 Å². The molecule has 2 heteroatoms. The third-order valence-corrected chi connectivity index (χ3v) is 4.09. The van der Waals surface area contributed by atoms with Crippen LogP contribution in [-0.4, -0.2) is 23.5 Å². The second-order valence-electron chi connectivity index (χ2n) is 5.03. The van der Waals surface area contributed by atoms with Crippen LogP contribution in [0.2, 0.25) is 0 Å². The molecule has 3 unspecified atom stereocenters. The van der Waals surface area contributed by atoms with E-state index in [1.165, 1.54) is 32.1 Å². The number of hydrogen-bond donors (Lipinski definition) is 0. The number of nitrogens with zero attached hydrogens (tertiary/aromatic N) is 2. The van der Waals surface area contributed by atoms with Crippen LogP contribution in [0.25, 0.3) is 0 Å². The molecule has 0 amide bonds. The predicted molar refractivity (Wildman–Crippen MR) is 68.1 cm³/mol. The highest BCUT2D eigenvalue weighted by atomic mass is 15.2. The van der Waals surface area contributed by atoms with Gasteiger partial charge in [0.1, 0.15) is 0 Å². The summed E-state index contributed by atoms with van der Waals surface area (Å²) in [4.78, 5) is 2.55. The Morgan fingerprint density at radius 1 is 1.25 bits per heavy atom. The molecule has 0 aromatic heterocycles. The van der Waals surface area contributed by atoms with Crippen LogP contribution in [0.4, 0.5) is 0 Å². The van der Waals surface area contributed by atoms with E-state index in [0.717, 1.165) is 13.0 Å². The molecule has 16 heavy (non-hydrogen) atoms. The van der Waals surface area contributed by atoms with Gasteiger partial charge in [0.05, 0.1) is 12.0 Å². The van der Waals surface area contributed by atoms with Gasteiger partial charge in [-0.2, -0.15) is 5.26 Å². The summed E-state index contributed by atoms with van der Waals surface area (Å²) in [5.74, 6) is 0.261. The quantitative estimate of drug-likeness (QED) is 0.680. The Morgan fingerprint density at radius 2 is 1.94 bits per heavy atom. The van der Waals surface area contributed by atoms with E-state index < -0.39 is 0 Å². The largest absolute Gasteiger partial charge is 0.297 e. The van der Waals surface area contributed by atoms with Crippen LogP contribution in [0.5, 0.6) is 0 Å². The van der Waals surface area contributed by atoms with Gasteiger partial charge in [-0.3, -0.25) is 4.90 Å². The molecule has 0 aromatic rings. The molecule has 0 heterocycles. The highest BCUT2D eigenvalue weighted by Crippen LogP contribution is 2.28. The van der Waals surface area contributed by atoms with Gasteiger partial charge in [0.2, 0.25) is 0 Å². The van der Waals surface area contributed by atoms with Gasteiger partial charge in [-0.25, -0.2) is 0 Å². The smallest absolute Gasteiger partial charge is 0.0672 e. The minimum Gasteiger partial charge on any atom is -0.297 e. The maximum Gasteiger partial charge on any atom is 0.0672 e. The molecule has 0 radical (unpaired) electrons. The van der Waals surface area contributed by atoms with Crippen LogP contribution >= 0.6 is 0 Å². The molecule has 0 bridgehead atoms. The van der Waals surface area contributed by atoms with E-state index in [9.17, 15) is 5.26 Å². The molecule has 2 nitrogen and oxygen atoms in total. The summed E-state index contributed by atoms with van der Waals surface area (Å²) < 4.78 is 0. The molecule has 0 aliphatic heterocycles. The molecule has 0 spiro atoms. The topological polar surface area (TPSA) is 27.0 Å². The molecule has 1 fully saturated rings. The fraction of sp³-hybridized carbons (Fsp3) is 0.929. The summed E-state index contributed by atoms with van der Waals surface area (Å²) in [6.45, 7) is 7.84. The molecule has 1 aliphatic carbocycles. The van der Waals surface area contributed by atoms with Gasteiger partial charge in [0, 0.05) is 12.1 Å². The SMILES string of the molecule is CCC(C)N(CC)C1CCCCCC1C#N. The average molecular weight is 222 g/mol. The predicted octanol–water partition coefficient (Wildman–Crippen LogP) is 3.58. The highest BCUT2D eigenvalue weighted by Gasteiger charge is 2.29. The third kappa shape index (κ3) is 3.22. The van der Waals surface area contributed by atoms with Crippen LogP contribution in [0, 0.1) is 17.2 Å². The normalized spacial score (nSPS) is 28.4. The van der Waals surface area contributed by atoms with Crippen molar-refractivity contribution < 1.29 is 0 Å². The van der Waals surface area contributed by atoms with Crippen LogP contribution in [0.1, 0.15) is 59.3 Å². The van der Waals surface area contributed by atoms with Crippen molar-refractivity contribution in [3.05, 3.63) is 0 Å². The van der Waals surface area contributed by atoms with Crippen molar-refractivity contribution in [2.75, 3.05) is 6.54 Å². The zero-order chi connectivity index (χ0) is 12.0. The fourth-order valence-corrected chi connectivity index (χ4v) is 2.94. The molecule has 92 valence electrons. The van der Waals surface area contributed by atoms with E-state index in [4.69, 9.17) is 0 Å². The van der Waals surface area contributed by atoms with Crippen LogP contribution < -0.4 is 0 Å². The number of nitriles is 1. The summed E-state index contributed by atoms with van der Waals surface area (Å²) in [6, 6.07) is 3.67. The second kappa shape index (κ2) is 6.91. The van der Waals surface area contributed by atoms with E-state index in [-0.39, 0.29) is 5.92 Å². The minimum absolute atomic E-state index is 0.261. The van der Waals surface area contributed by atoms with E-state index in [0.29, 0.717) is 12.1 Å². The molecule has 0 N–H and O–H groups in total. The monoisotopic (exact) mass is 222 g/mol. The van der Waals surface area contributed by atoms with Gasteiger partial charge in [-0.05, 0) is 32.7 Å². The minimum atomic E-state index is 0.261. The summed E-state index contributed by atoms with van der Waals surface area (Å²) >= 11 is 0. The Bertz CT molecular complexity index is 231. The first kappa shape index (κ1) is 13.5. The fourth-order valence-electron chi connectivity index (χ4n) is 2.94. The zero-order valence-electron chi connectivity index (χ0n) is 11.1. The van der Waals surface area contributed by atoms with E-state index in [1.54, 1.807) is 0 Å². The molecule has 1 aliphatic rings. The van der Waals surface area contributed by atoms with E-state index >= 15 is 0 Å². The molecule has 0 aromatic carbocycles. The zero-order valence-corrected chi connectivity index (χ0v) is 11.1. The Morgan fingerprint density at radius 3 is 2.50 bits per heavy atom. The van der Waals surface area contributed by atoms with Crippen LogP contribution in [0.3, 0.4) is 0 Å². The van der Waals surface area contributed by atoms with E-state index in [2.05, 4.69) is 31.7 Å². The average Bonchev–Trinajstić information content (AvgIpc) is 2.55. The Labute approximate surface area is 101 Å². The van der Waals surface area contributed by atoms with Crippen molar-refractivity contribution in [3.8, 4) is 6.07 Å². The molecule has 1 saturated carbocycles. The Balaban J connectivity index is 2.74. The van der Waals surface area contributed by atoms with Gasteiger partial charge >= 0.3 is 0 Å². The van der Waals surface area contributed by atoms with Crippen molar-refractivity contribution >= 4 is 0 Å². The molecule has 0 saturated heterocycles. The molecular formula is C14H26N2. The lowest BCUT2D eigenvalue weighted by Gasteiger charge is -2.37. The number of hydrogen-bond acceptors (Lipinski definition) is 2. The molecular weight excluding hydrogens is 196 g/mol. The molecule has 3 atom stereocenters. The number of rotatable bonds is 4. The van der Waals surface area contributed by atoms with Gasteiger partial charge < -0.3 is 0 Å². The van der Waals surface area contributed by atoms with Crippen molar-refractivity contribution in [2.24, 2.45) is 5.92 Å². The Kier molecular flexibility index (Phi) is 5.84. The standard InChI is InChI=1S/C14H26N2/c1-4-12(3)16(5-2)14-10-8-6-7-9-13(14)11-15/h12-14H,4-10H2,1-3H3. The van der Waals surface area contributed by atoms with Gasteiger partial charge in [0.25, 0.3) is 0 Å². The highest BCUT2D eigenvalue weighted by molar-refractivity contribution is 4.95. The second-order valence-corrected chi connectivity index (χ2v) is 5.03. The van der Waals surface area contributed by atoms with Gasteiger partial charge in [-0.15, -0.1) is 0 Å². The first-order valence-electron chi connectivity index (χ1n) is 6.89. The maximum atomic E-state index is 9.31. The van der Waals surface area contributed by atoms with Gasteiger partial charge in [-0.1, -0.05) is 33.1 Å². The molecule has 1 rings (SSSR count). The van der Waals surface area contributed by atoms with Crippen molar-refractivity contribution in [2.45, 2.75) is 71.4 Å². The summed E-state index contributed by atoms with van der Waals surface area (Å²) in [7, 11) is 0. The van der Waals surface area contributed by atoms with Crippen molar-refractivity contribution in [3.63, 3.8) is 0 Å². The third-order valence-electron chi connectivity index (χ3n) is 4.09. The lowest BCUT2D eigenvalue weighted by molar-refractivity contribution is 0.113. The van der Waals surface area contributed by atoms with Crippen LogP contribution in [-0.2, 0) is 0 Å². The maximum absolute atomic E-state index is 9.31. The summed E-state index contributed by atoms with van der Waals surface area (Å²) in [5, 5.41) is 9.31.